The van der Waals surface area contributed by atoms with Crippen molar-refractivity contribution in [2.75, 3.05) is 11.6 Å². The molecule has 0 radical (unpaired) electrons. The minimum atomic E-state index is -0.981. The number of hydrogen-bond donors (Lipinski definition) is 1. The van der Waals surface area contributed by atoms with Gasteiger partial charge in [0.25, 0.3) is 5.91 Å². The Labute approximate surface area is 107 Å². The molecule has 2 heterocycles. The summed E-state index contributed by atoms with van der Waals surface area (Å²) < 4.78 is 0. The van der Waals surface area contributed by atoms with E-state index in [1.165, 1.54) is 28.9 Å². The van der Waals surface area contributed by atoms with Gasteiger partial charge in [0, 0.05) is 11.9 Å². The van der Waals surface area contributed by atoms with Crippen molar-refractivity contribution in [1.29, 1.82) is 0 Å². The SMILES string of the molecule is O=C(O)[C@@H]1CSCN1C(=O)c1ccc(Cl)nc1. The number of thioether (sulfide) groups is 1. The van der Waals surface area contributed by atoms with Gasteiger partial charge in [0.1, 0.15) is 11.2 Å². The molecule has 17 heavy (non-hydrogen) atoms. The Hall–Kier alpha value is -1.27. The van der Waals surface area contributed by atoms with E-state index >= 15 is 0 Å². The van der Waals surface area contributed by atoms with Gasteiger partial charge in [-0.2, -0.15) is 0 Å². The van der Waals surface area contributed by atoms with E-state index in [1.54, 1.807) is 6.07 Å². The quantitative estimate of drug-likeness (QED) is 0.823. The molecule has 0 aliphatic carbocycles. The van der Waals surface area contributed by atoms with Gasteiger partial charge in [-0.3, -0.25) is 4.79 Å². The Morgan fingerprint density at radius 3 is 2.88 bits per heavy atom. The number of aromatic nitrogens is 1. The second-order valence-corrected chi connectivity index (χ2v) is 4.89. The first-order chi connectivity index (χ1) is 8.09. The van der Waals surface area contributed by atoms with Crippen LogP contribution in [0, 0.1) is 0 Å². The molecule has 1 atom stereocenters. The monoisotopic (exact) mass is 272 g/mol. The third kappa shape index (κ3) is 2.53. The second kappa shape index (κ2) is 4.93. The highest BCUT2D eigenvalue weighted by molar-refractivity contribution is 7.99. The van der Waals surface area contributed by atoms with Crippen LogP contribution < -0.4 is 0 Å². The minimum Gasteiger partial charge on any atom is -0.480 e. The molecule has 0 aromatic carbocycles. The van der Waals surface area contributed by atoms with Crippen LogP contribution in [0.4, 0.5) is 0 Å². The van der Waals surface area contributed by atoms with Gasteiger partial charge in [-0.05, 0) is 12.1 Å². The lowest BCUT2D eigenvalue weighted by atomic mass is 10.2. The molecule has 0 saturated carbocycles. The molecule has 1 fully saturated rings. The van der Waals surface area contributed by atoms with Crippen LogP contribution in [0.3, 0.4) is 0 Å². The molecule has 0 bridgehead atoms. The minimum absolute atomic E-state index is 0.298. The maximum atomic E-state index is 12.0. The van der Waals surface area contributed by atoms with Crippen molar-refractivity contribution >= 4 is 35.2 Å². The molecular formula is C10H9ClN2O3S. The van der Waals surface area contributed by atoms with E-state index < -0.39 is 12.0 Å². The summed E-state index contributed by atoms with van der Waals surface area (Å²) >= 11 is 7.04. The molecule has 1 amide bonds. The van der Waals surface area contributed by atoms with Crippen LogP contribution in [0.2, 0.25) is 5.15 Å². The number of nitrogens with zero attached hydrogens (tertiary/aromatic N) is 2. The number of amides is 1. The summed E-state index contributed by atoms with van der Waals surface area (Å²) in [7, 11) is 0. The summed E-state index contributed by atoms with van der Waals surface area (Å²) in [6.45, 7) is 0. The Kier molecular flexibility index (Phi) is 3.54. The van der Waals surface area contributed by atoms with Gasteiger partial charge in [0.05, 0.1) is 11.4 Å². The lowest BCUT2D eigenvalue weighted by molar-refractivity contribution is -0.140. The lowest BCUT2D eigenvalue weighted by Gasteiger charge is -2.20. The first-order valence-corrected chi connectivity index (χ1v) is 6.36. The molecule has 5 nitrogen and oxygen atoms in total. The number of rotatable bonds is 2. The van der Waals surface area contributed by atoms with Crippen LogP contribution in [0.15, 0.2) is 18.3 Å². The number of carboxylic acid groups (broad SMARTS) is 1. The zero-order valence-corrected chi connectivity index (χ0v) is 10.2. The van der Waals surface area contributed by atoms with Crippen molar-refractivity contribution in [3.8, 4) is 0 Å². The highest BCUT2D eigenvalue weighted by atomic mass is 35.5. The van der Waals surface area contributed by atoms with E-state index in [4.69, 9.17) is 16.7 Å². The summed E-state index contributed by atoms with van der Waals surface area (Å²) in [5, 5.41) is 9.28. The van der Waals surface area contributed by atoms with E-state index in [0.717, 1.165) is 0 Å². The fourth-order valence-electron chi connectivity index (χ4n) is 1.52. The molecule has 1 aliphatic heterocycles. The molecule has 1 N–H and O–H groups in total. The molecule has 0 spiro atoms. The third-order valence-electron chi connectivity index (χ3n) is 2.40. The number of carboxylic acids is 1. The van der Waals surface area contributed by atoms with Crippen LogP contribution >= 0.6 is 23.4 Å². The summed E-state index contributed by atoms with van der Waals surface area (Å²) in [6, 6.07) is 2.29. The average Bonchev–Trinajstić information content (AvgIpc) is 2.78. The van der Waals surface area contributed by atoms with E-state index in [1.807, 2.05) is 0 Å². The predicted octanol–water partition coefficient (Wildman–Crippen LogP) is 1.33. The fourth-order valence-corrected chi connectivity index (χ4v) is 2.77. The van der Waals surface area contributed by atoms with E-state index in [9.17, 15) is 9.59 Å². The molecule has 2 rings (SSSR count). The number of carbonyl (C=O) groups excluding carboxylic acids is 1. The van der Waals surface area contributed by atoms with Crippen LogP contribution in [0.1, 0.15) is 10.4 Å². The summed E-state index contributed by atoms with van der Waals surface area (Å²) in [6.07, 6.45) is 1.35. The van der Waals surface area contributed by atoms with Gasteiger partial charge in [-0.15, -0.1) is 11.8 Å². The predicted molar refractivity (Wildman–Crippen MR) is 64.2 cm³/mol. The standard InChI is InChI=1S/C10H9ClN2O3S/c11-8-2-1-6(3-12-8)9(14)13-5-17-4-7(13)10(15)16/h1-3,7H,4-5H2,(H,15,16)/t7-/m0/s1. The Bertz CT molecular complexity index is 451. The molecule has 0 unspecified atom stereocenters. The topological polar surface area (TPSA) is 70.5 Å². The molecule has 1 aromatic rings. The lowest BCUT2D eigenvalue weighted by Crippen LogP contribution is -2.41. The first kappa shape index (κ1) is 12.2. The largest absolute Gasteiger partial charge is 0.480 e. The fraction of sp³-hybridized carbons (Fsp3) is 0.300. The van der Waals surface area contributed by atoms with Gasteiger partial charge in [0.15, 0.2) is 0 Å². The van der Waals surface area contributed by atoms with Crippen molar-refractivity contribution in [3.63, 3.8) is 0 Å². The van der Waals surface area contributed by atoms with Gasteiger partial charge in [0.2, 0.25) is 0 Å². The van der Waals surface area contributed by atoms with Crippen molar-refractivity contribution < 1.29 is 14.7 Å². The van der Waals surface area contributed by atoms with E-state index in [0.29, 0.717) is 22.3 Å². The Balaban J connectivity index is 2.19. The summed E-state index contributed by atoms with van der Waals surface area (Å²) in [5.41, 5.74) is 0.350. The van der Waals surface area contributed by atoms with E-state index in [2.05, 4.69) is 4.98 Å². The second-order valence-electron chi connectivity index (χ2n) is 3.50. The number of aliphatic carboxylic acids is 1. The maximum absolute atomic E-state index is 12.0. The van der Waals surface area contributed by atoms with E-state index in [-0.39, 0.29) is 5.91 Å². The van der Waals surface area contributed by atoms with Crippen LogP contribution in [0.5, 0.6) is 0 Å². The Morgan fingerprint density at radius 2 is 2.29 bits per heavy atom. The highest BCUT2D eigenvalue weighted by Gasteiger charge is 2.34. The molecule has 1 aromatic heterocycles. The molecular weight excluding hydrogens is 264 g/mol. The van der Waals surface area contributed by atoms with Gasteiger partial charge in [-0.1, -0.05) is 11.6 Å². The van der Waals surface area contributed by atoms with Crippen LogP contribution in [0.25, 0.3) is 0 Å². The molecule has 1 saturated heterocycles. The van der Waals surface area contributed by atoms with Crippen molar-refractivity contribution in [2.24, 2.45) is 0 Å². The third-order valence-corrected chi connectivity index (χ3v) is 3.64. The van der Waals surface area contributed by atoms with Crippen LogP contribution in [-0.2, 0) is 4.79 Å². The maximum Gasteiger partial charge on any atom is 0.327 e. The van der Waals surface area contributed by atoms with Gasteiger partial charge >= 0.3 is 5.97 Å². The van der Waals surface area contributed by atoms with Gasteiger partial charge in [-0.25, -0.2) is 9.78 Å². The molecule has 7 heteroatoms. The molecule has 90 valence electrons. The summed E-state index contributed by atoms with van der Waals surface area (Å²) in [5.74, 6) is -0.502. The van der Waals surface area contributed by atoms with Crippen molar-refractivity contribution in [3.05, 3.63) is 29.0 Å². The first-order valence-electron chi connectivity index (χ1n) is 4.82. The van der Waals surface area contributed by atoms with Crippen molar-refractivity contribution in [1.82, 2.24) is 9.88 Å². The van der Waals surface area contributed by atoms with Crippen LogP contribution in [-0.4, -0.2) is 44.5 Å². The highest BCUT2D eigenvalue weighted by Crippen LogP contribution is 2.23. The van der Waals surface area contributed by atoms with Crippen molar-refractivity contribution in [2.45, 2.75) is 6.04 Å². The Morgan fingerprint density at radius 1 is 1.53 bits per heavy atom. The zero-order chi connectivity index (χ0) is 12.4. The molecule has 1 aliphatic rings. The number of halogens is 1. The number of hydrogen-bond acceptors (Lipinski definition) is 4. The zero-order valence-electron chi connectivity index (χ0n) is 8.67. The number of pyridine rings is 1. The van der Waals surface area contributed by atoms with Gasteiger partial charge < -0.3 is 10.0 Å². The summed E-state index contributed by atoms with van der Waals surface area (Å²) in [4.78, 5) is 28.1. The normalized spacial score (nSPS) is 19.4. The average molecular weight is 273 g/mol. The number of carbonyl (C=O) groups is 2. The smallest absolute Gasteiger partial charge is 0.327 e.